The van der Waals surface area contributed by atoms with Gasteiger partial charge in [-0.25, -0.2) is 4.79 Å². The number of amides is 1. The Labute approximate surface area is 95.3 Å². The predicted octanol–water partition coefficient (Wildman–Crippen LogP) is 1.67. The molecule has 16 heavy (non-hydrogen) atoms. The van der Waals surface area contributed by atoms with E-state index in [1.54, 1.807) is 4.90 Å². The third kappa shape index (κ3) is 2.86. The molecule has 0 aromatic carbocycles. The van der Waals surface area contributed by atoms with Crippen LogP contribution < -0.4 is 0 Å². The van der Waals surface area contributed by atoms with Gasteiger partial charge in [0.25, 0.3) is 0 Å². The van der Waals surface area contributed by atoms with E-state index < -0.39 is 6.09 Å². The van der Waals surface area contributed by atoms with Crippen molar-refractivity contribution in [3.63, 3.8) is 0 Å². The summed E-state index contributed by atoms with van der Waals surface area (Å²) in [6.07, 6.45) is 3.93. The molecule has 2 aliphatic heterocycles. The molecular formula is C11H19NO4. The van der Waals surface area contributed by atoms with E-state index in [1.807, 2.05) is 0 Å². The van der Waals surface area contributed by atoms with E-state index in [4.69, 9.17) is 14.6 Å². The zero-order chi connectivity index (χ0) is 11.4. The van der Waals surface area contributed by atoms with E-state index in [0.717, 1.165) is 32.1 Å². The molecule has 0 aromatic rings. The predicted molar refractivity (Wildman–Crippen MR) is 57.3 cm³/mol. The van der Waals surface area contributed by atoms with Gasteiger partial charge in [0.15, 0.2) is 6.29 Å². The standard InChI is InChI=1S/C11H19NO4/c13-11(14)12-6-2-4-9(12)3-1-5-10-15-7-8-16-10/h9-10H,1-8H2,(H,13,14). The van der Waals surface area contributed by atoms with Crippen molar-refractivity contribution in [1.82, 2.24) is 4.90 Å². The molecule has 0 aromatic heterocycles. The van der Waals surface area contributed by atoms with Gasteiger partial charge < -0.3 is 19.5 Å². The normalized spacial score (nSPS) is 26.5. The minimum absolute atomic E-state index is 0.0559. The van der Waals surface area contributed by atoms with E-state index in [-0.39, 0.29) is 12.3 Å². The molecule has 0 radical (unpaired) electrons. The maximum absolute atomic E-state index is 10.9. The highest BCUT2D eigenvalue weighted by atomic mass is 16.7. The summed E-state index contributed by atoms with van der Waals surface area (Å²) in [4.78, 5) is 12.5. The molecule has 92 valence electrons. The monoisotopic (exact) mass is 229 g/mol. The number of hydrogen-bond donors (Lipinski definition) is 1. The minimum Gasteiger partial charge on any atom is -0.465 e. The second kappa shape index (κ2) is 5.50. The van der Waals surface area contributed by atoms with Crippen LogP contribution in [0.3, 0.4) is 0 Å². The number of hydrogen-bond acceptors (Lipinski definition) is 3. The minimum atomic E-state index is -0.782. The number of ether oxygens (including phenoxy) is 2. The molecule has 0 bridgehead atoms. The van der Waals surface area contributed by atoms with E-state index in [9.17, 15) is 4.79 Å². The maximum Gasteiger partial charge on any atom is 0.407 e. The average Bonchev–Trinajstić information content (AvgIpc) is 2.87. The largest absolute Gasteiger partial charge is 0.465 e. The van der Waals surface area contributed by atoms with Crippen molar-refractivity contribution < 1.29 is 19.4 Å². The smallest absolute Gasteiger partial charge is 0.407 e. The van der Waals surface area contributed by atoms with Gasteiger partial charge in [0, 0.05) is 12.6 Å². The highest BCUT2D eigenvalue weighted by Crippen LogP contribution is 2.23. The molecule has 2 saturated heterocycles. The van der Waals surface area contributed by atoms with Crippen LogP contribution in [0, 0.1) is 0 Å². The average molecular weight is 229 g/mol. The van der Waals surface area contributed by atoms with Crippen molar-refractivity contribution in [1.29, 1.82) is 0 Å². The van der Waals surface area contributed by atoms with Crippen molar-refractivity contribution in [3.8, 4) is 0 Å². The second-order valence-electron chi connectivity index (χ2n) is 4.37. The Kier molecular flexibility index (Phi) is 4.01. The molecule has 2 aliphatic rings. The van der Waals surface area contributed by atoms with Crippen molar-refractivity contribution in [2.75, 3.05) is 19.8 Å². The van der Waals surface area contributed by atoms with Gasteiger partial charge in [0.05, 0.1) is 13.2 Å². The topological polar surface area (TPSA) is 59.0 Å². The molecule has 1 atom stereocenters. The quantitative estimate of drug-likeness (QED) is 0.796. The first-order valence-electron chi connectivity index (χ1n) is 6.00. The van der Waals surface area contributed by atoms with Gasteiger partial charge in [-0.2, -0.15) is 0 Å². The van der Waals surface area contributed by atoms with E-state index in [2.05, 4.69) is 0 Å². The summed E-state index contributed by atoms with van der Waals surface area (Å²) in [7, 11) is 0. The fraction of sp³-hybridized carbons (Fsp3) is 0.909. The molecule has 1 unspecified atom stereocenters. The van der Waals surface area contributed by atoms with Crippen LogP contribution in [-0.2, 0) is 9.47 Å². The highest BCUT2D eigenvalue weighted by molar-refractivity contribution is 5.65. The summed E-state index contributed by atoms with van der Waals surface area (Å²) < 4.78 is 10.7. The van der Waals surface area contributed by atoms with Crippen molar-refractivity contribution >= 4 is 6.09 Å². The Hall–Kier alpha value is -0.810. The Morgan fingerprint density at radius 1 is 1.31 bits per heavy atom. The number of rotatable bonds is 4. The highest BCUT2D eigenvalue weighted by Gasteiger charge is 2.28. The molecule has 0 aliphatic carbocycles. The van der Waals surface area contributed by atoms with E-state index >= 15 is 0 Å². The maximum atomic E-state index is 10.9. The first-order chi connectivity index (χ1) is 7.77. The lowest BCUT2D eigenvalue weighted by Gasteiger charge is -2.21. The van der Waals surface area contributed by atoms with E-state index in [1.165, 1.54) is 0 Å². The van der Waals surface area contributed by atoms with Gasteiger partial charge in [-0.15, -0.1) is 0 Å². The van der Waals surface area contributed by atoms with Gasteiger partial charge in [-0.3, -0.25) is 0 Å². The lowest BCUT2D eigenvalue weighted by atomic mass is 10.1. The van der Waals surface area contributed by atoms with Gasteiger partial charge in [-0.1, -0.05) is 0 Å². The van der Waals surface area contributed by atoms with Crippen molar-refractivity contribution in [3.05, 3.63) is 0 Å². The summed E-state index contributed by atoms with van der Waals surface area (Å²) in [6.45, 7) is 2.07. The van der Waals surface area contributed by atoms with Gasteiger partial charge in [0.2, 0.25) is 0 Å². The van der Waals surface area contributed by atoms with Crippen molar-refractivity contribution in [2.24, 2.45) is 0 Å². The third-order valence-electron chi connectivity index (χ3n) is 3.29. The molecule has 5 heteroatoms. The summed E-state index contributed by atoms with van der Waals surface area (Å²) in [5.41, 5.74) is 0. The van der Waals surface area contributed by atoms with Crippen LogP contribution in [-0.4, -0.2) is 48.2 Å². The van der Waals surface area contributed by atoms with Crippen molar-refractivity contribution in [2.45, 2.75) is 44.4 Å². The molecule has 2 heterocycles. The van der Waals surface area contributed by atoms with Crippen LogP contribution in [0.1, 0.15) is 32.1 Å². The van der Waals surface area contributed by atoms with Crippen LogP contribution >= 0.6 is 0 Å². The number of carbonyl (C=O) groups is 1. The lowest BCUT2D eigenvalue weighted by molar-refractivity contribution is -0.0485. The summed E-state index contributed by atoms with van der Waals surface area (Å²) in [5, 5.41) is 8.97. The fourth-order valence-corrected chi connectivity index (χ4v) is 2.48. The zero-order valence-electron chi connectivity index (χ0n) is 9.43. The Balaban J connectivity index is 1.66. The molecule has 0 saturated carbocycles. The van der Waals surface area contributed by atoms with Crippen LogP contribution in [0.4, 0.5) is 4.79 Å². The first-order valence-corrected chi connectivity index (χ1v) is 6.00. The first kappa shape index (κ1) is 11.7. The Bertz CT molecular complexity index is 240. The lowest BCUT2D eigenvalue weighted by Crippen LogP contribution is -2.34. The molecular weight excluding hydrogens is 210 g/mol. The summed E-state index contributed by atoms with van der Waals surface area (Å²) >= 11 is 0. The fourth-order valence-electron chi connectivity index (χ4n) is 2.48. The van der Waals surface area contributed by atoms with Crippen LogP contribution in [0.25, 0.3) is 0 Å². The Morgan fingerprint density at radius 3 is 2.75 bits per heavy atom. The SMILES string of the molecule is O=C(O)N1CCCC1CCCC1OCCO1. The Morgan fingerprint density at radius 2 is 2.06 bits per heavy atom. The summed E-state index contributed by atoms with van der Waals surface area (Å²) in [5.74, 6) is 0. The molecule has 2 fully saturated rings. The van der Waals surface area contributed by atoms with Crippen LogP contribution in [0.2, 0.25) is 0 Å². The van der Waals surface area contributed by atoms with Gasteiger partial charge in [0.1, 0.15) is 0 Å². The number of carboxylic acid groups (broad SMARTS) is 1. The molecule has 1 N–H and O–H groups in total. The molecule has 1 amide bonds. The van der Waals surface area contributed by atoms with Crippen LogP contribution in [0.5, 0.6) is 0 Å². The number of nitrogens with zero attached hydrogens (tertiary/aromatic N) is 1. The van der Waals surface area contributed by atoms with E-state index in [0.29, 0.717) is 19.8 Å². The van der Waals surface area contributed by atoms with Gasteiger partial charge >= 0.3 is 6.09 Å². The van der Waals surface area contributed by atoms with Crippen LogP contribution in [0.15, 0.2) is 0 Å². The molecule has 2 rings (SSSR count). The summed E-state index contributed by atoms with van der Waals surface area (Å²) in [6, 6.07) is 0.207. The zero-order valence-corrected chi connectivity index (χ0v) is 9.43. The number of likely N-dealkylation sites (tertiary alicyclic amines) is 1. The van der Waals surface area contributed by atoms with Gasteiger partial charge in [-0.05, 0) is 32.1 Å². The third-order valence-corrected chi connectivity index (χ3v) is 3.29. The second-order valence-corrected chi connectivity index (χ2v) is 4.37. The molecule has 0 spiro atoms. The molecule has 5 nitrogen and oxygen atoms in total.